The number of para-hydroxylation sites is 1. The second kappa shape index (κ2) is 11.7. The molecule has 0 aliphatic carbocycles. The summed E-state index contributed by atoms with van der Waals surface area (Å²) in [6.07, 6.45) is 1.10. The minimum absolute atomic E-state index is 0.0459. The van der Waals surface area contributed by atoms with E-state index in [0.29, 0.717) is 6.54 Å². The third kappa shape index (κ3) is 5.78. The number of rotatable bonds is 9. The van der Waals surface area contributed by atoms with Crippen LogP contribution in [0.2, 0.25) is 0 Å². The Morgan fingerprint density at radius 2 is 1.69 bits per heavy atom. The molecular formula is C29H38FN5O. The van der Waals surface area contributed by atoms with Crippen molar-refractivity contribution in [3.05, 3.63) is 77.2 Å². The summed E-state index contributed by atoms with van der Waals surface area (Å²) in [5.41, 5.74) is 3.88. The van der Waals surface area contributed by atoms with E-state index in [9.17, 15) is 9.18 Å². The van der Waals surface area contributed by atoms with Crippen LogP contribution in [-0.2, 0) is 17.8 Å². The van der Waals surface area contributed by atoms with Crippen molar-refractivity contribution in [2.45, 2.75) is 53.1 Å². The molecule has 1 aliphatic rings. The van der Waals surface area contributed by atoms with Gasteiger partial charge in [-0.25, -0.2) is 9.07 Å². The van der Waals surface area contributed by atoms with Gasteiger partial charge in [-0.15, -0.1) is 0 Å². The van der Waals surface area contributed by atoms with Crippen molar-refractivity contribution < 1.29 is 9.18 Å². The largest absolute Gasteiger partial charge is 0.354 e. The number of aryl methyl sites for hydroxylation is 1. The van der Waals surface area contributed by atoms with Gasteiger partial charge in [-0.2, -0.15) is 5.10 Å². The fourth-order valence-corrected chi connectivity index (χ4v) is 4.84. The van der Waals surface area contributed by atoms with E-state index in [-0.39, 0.29) is 24.2 Å². The van der Waals surface area contributed by atoms with Crippen molar-refractivity contribution in [2.75, 3.05) is 37.6 Å². The van der Waals surface area contributed by atoms with E-state index in [1.807, 2.05) is 34.7 Å². The Balaban J connectivity index is 1.69. The number of aromatic nitrogens is 2. The maximum Gasteiger partial charge on any atom is 0.227 e. The predicted octanol–water partition coefficient (Wildman–Crippen LogP) is 4.83. The van der Waals surface area contributed by atoms with Crippen LogP contribution in [0.3, 0.4) is 0 Å². The SMILES string of the molecule is CC[C@H](C)N(Cc1c(C)nn(-c2ccccc2)c1N1CCN(CC)CC1)C(=O)Cc1ccc(F)cc1. The highest BCUT2D eigenvalue weighted by Crippen LogP contribution is 2.30. The summed E-state index contributed by atoms with van der Waals surface area (Å²) in [5.74, 6) is 0.837. The molecule has 0 spiro atoms. The average Bonchev–Trinajstić information content (AvgIpc) is 3.24. The molecule has 3 aromatic rings. The minimum Gasteiger partial charge on any atom is -0.354 e. The Labute approximate surface area is 214 Å². The summed E-state index contributed by atoms with van der Waals surface area (Å²) in [6, 6.07) is 16.5. The summed E-state index contributed by atoms with van der Waals surface area (Å²) in [6.45, 7) is 13.9. The van der Waals surface area contributed by atoms with Crippen LogP contribution < -0.4 is 4.90 Å². The van der Waals surface area contributed by atoms with Gasteiger partial charge in [0.05, 0.1) is 24.3 Å². The highest BCUT2D eigenvalue weighted by atomic mass is 19.1. The molecule has 0 unspecified atom stereocenters. The second-order valence-electron chi connectivity index (χ2n) is 9.64. The standard InChI is InChI=1S/C29H38FN5O/c1-5-22(3)34(28(36)20-24-12-14-25(30)15-13-24)21-27-23(4)31-35(26-10-8-7-9-11-26)29(27)33-18-16-32(6-2)17-19-33/h7-15,22H,5-6,16-21H2,1-4H3/t22-/m0/s1. The number of carbonyl (C=O) groups excluding carboxylic acids is 1. The van der Waals surface area contributed by atoms with Gasteiger partial charge in [-0.1, -0.05) is 44.2 Å². The Morgan fingerprint density at radius 3 is 2.31 bits per heavy atom. The number of hydrogen-bond acceptors (Lipinski definition) is 4. The molecule has 1 aliphatic heterocycles. The maximum absolute atomic E-state index is 13.5. The smallest absolute Gasteiger partial charge is 0.227 e. The zero-order valence-electron chi connectivity index (χ0n) is 22.0. The molecule has 7 heteroatoms. The van der Waals surface area contributed by atoms with Gasteiger partial charge in [0.2, 0.25) is 5.91 Å². The molecule has 1 fully saturated rings. The Bertz CT molecular complexity index is 1140. The van der Waals surface area contributed by atoms with E-state index < -0.39 is 0 Å². The summed E-state index contributed by atoms with van der Waals surface area (Å²) >= 11 is 0. The number of likely N-dealkylation sites (N-methyl/N-ethyl adjacent to an activating group) is 1. The molecule has 1 saturated heterocycles. The van der Waals surface area contributed by atoms with Gasteiger partial charge >= 0.3 is 0 Å². The van der Waals surface area contributed by atoms with Gasteiger partial charge in [0, 0.05) is 37.8 Å². The summed E-state index contributed by atoms with van der Waals surface area (Å²) < 4.78 is 15.4. The highest BCUT2D eigenvalue weighted by molar-refractivity contribution is 5.79. The first-order valence-electron chi connectivity index (χ1n) is 13.1. The number of hydrogen-bond donors (Lipinski definition) is 0. The Morgan fingerprint density at radius 1 is 1.03 bits per heavy atom. The van der Waals surface area contributed by atoms with Gasteiger partial charge in [0.1, 0.15) is 11.6 Å². The van der Waals surface area contributed by atoms with E-state index in [2.05, 4.69) is 42.7 Å². The molecular weight excluding hydrogens is 453 g/mol. The van der Waals surface area contributed by atoms with Crippen LogP contribution in [0.5, 0.6) is 0 Å². The minimum atomic E-state index is -0.290. The molecule has 2 heterocycles. The zero-order valence-corrected chi connectivity index (χ0v) is 22.0. The molecule has 6 nitrogen and oxygen atoms in total. The van der Waals surface area contributed by atoms with Crippen LogP contribution in [0.15, 0.2) is 54.6 Å². The first-order valence-corrected chi connectivity index (χ1v) is 13.1. The van der Waals surface area contributed by atoms with Crippen LogP contribution >= 0.6 is 0 Å². The summed E-state index contributed by atoms with van der Waals surface area (Å²) in [5, 5.41) is 4.97. The molecule has 1 aromatic heterocycles. The molecule has 0 radical (unpaired) electrons. The molecule has 4 rings (SSSR count). The van der Waals surface area contributed by atoms with Gasteiger partial charge in [-0.3, -0.25) is 4.79 Å². The lowest BCUT2D eigenvalue weighted by Crippen LogP contribution is -2.47. The molecule has 2 aromatic carbocycles. The van der Waals surface area contributed by atoms with E-state index in [4.69, 9.17) is 5.10 Å². The fraction of sp³-hybridized carbons (Fsp3) is 0.448. The predicted molar refractivity (Wildman–Crippen MR) is 143 cm³/mol. The number of benzene rings is 2. The van der Waals surface area contributed by atoms with Crippen molar-refractivity contribution in [2.24, 2.45) is 0 Å². The van der Waals surface area contributed by atoms with Crippen molar-refractivity contribution in [1.29, 1.82) is 0 Å². The third-order valence-electron chi connectivity index (χ3n) is 7.32. The Hall–Kier alpha value is -3.19. The monoisotopic (exact) mass is 491 g/mol. The molecule has 0 N–H and O–H groups in total. The maximum atomic E-state index is 13.5. The number of anilines is 1. The van der Waals surface area contributed by atoms with E-state index in [1.165, 1.54) is 12.1 Å². The highest BCUT2D eigenvalue weighted by Gasteiger charge is 2.29. The van der Waals surface area contributed by atoms with Crippen molar-refractivity contribution in [3.63, 3.8) is 0 Å². The van der Waals surface area contributed by atoms with E-state index >= 15 is 0 Å². The topological polar surface area (TPSA) is 44.6 Å². The van der Waals surface area contributed by atoms with Gasteiger partial charge in [-0.05, 0) is 56.6 Å². The van der Waals surface area contributed by atoms with Gasteiger partial charge in [0.25, 0.3) is 0 Å². The molecule has 1 amide bonds. The lowest BCUT2D eigenvalue weighted by molar-refractivity contribution is -0.133. The lowest BCUT2D eigenvalue weighted by atomic mass is 10.1. The zero-order chi connectivity index (χ0) is 25.7. The molecule has 192 valence electrons. The molecule has 1 atom stereocenters. The van der Waals surface area contributed by atoms with Crippen LogP contribution in [0.25, 0.3) is 5.69 Å². The van der Waals surface area contributed by atoms with Crippen LogP contribution in [0.4, 0.5) is 10.2 Å². The second-order valence-corrected chi connectivity index (χ2v) is 9.64. The molecule has 36 heavy (non-hydrogen) atoms. The number of carbonyl (C=O) groups is 1. The normalized spacial score (nSPS) is 15.2. The van der Waals surface area contributed by atoms with E-state index in [0.717, 1.165) is 67.5 Å². The van der Waals surface area contributed by atoms with Crippen LogP contribution in [0, 0.1) is 12.7 Å². The summed E-state index contributed by atoms with van der Waals surface area (Å²) in [7, 11) is 0. The van der Waals surface area contributed by atoms with Crippen LogP contribution in [0.1, 0.15) is 44.0 Å². The number of halogens is 1. The number of amides is 1. The molecule has 0 bridgehead atoms. The number of piperazine rings is 1. The quantitative estimate of drug-likeness (QED) is 0.430. The first-order chi connectivity index (χ1) is 17.4. The van der Waals surface area contributed by atoms with Crippen molar-refractivity contribution in [1.82, 2.24) is 19.6 Å². The third-order valence-corrected chi connectivity index (χ3v) is 7.32. The molecule has 0 saturated carbocycles. The van der Waals surface area contributed by atoms with E-state index in [1.54, 1.807) is 12.1 Å². The van der Waals surface area contributed by atoms with Crippen LogP contribution in [-0.4, -0.2) is 64.3 Å². The average molecular weight is 492 g/mol. The summed E-state index contributed by atoms with van der Waals surface area (Å²) in [4.78, 5) is 20.4. The first kappa shape index (κ1) is 25.9. The number of nitrogens with zero attached hydrogens (tertiary/aromatic N) is 5. The lowest BCUT2D eigenvalue weighted by Gasteiger charge is -2.37. The van der Waals surface area contributed by atoms with Gasteiger partial charge in [0.15, 0.2) is 0 Å². The van der Waals surface area contributed by atoms with Gasteiger partial charge < -0.3 is 14.7 Å². The van der Waals surface area contributed by atoms with Crippen molar-refractivity contribution >= 4 is 11.7 Å². The fourth-order valence-electron chi connectivity index (χ4n) is 4.84. The van der Waals surface area contributed by atoms with Crippen molar-refractivity contribution in [3.8, 4) is 5.69 Å². The Kier molecular flexibility index (Phi) is 8.41.